The maximum atomic E-state index is 13.4. The van der Waals surface area contributed by atoms with E-state index in [1.165, 1.54) is 0 Å². The summed E-state index contributed by atoms with van der Waals surface area (Å²) in [5, 5.41) is 3.04. The average molecular weight is 511 g/mol. The minimum absolute atomic E-state index is 0.0728. The maximum absolute atomic E-state index is 13.4. The number of ether oxygens (including phenoxy) is 1. The predicted octanol–water partition coefficient (Wildman–Crippen LogP) is 5.84. The Morgan fingerprint density at radius 1 is 1.00 bits per heavy atom. The molecule has 1 heterocycles. The number of benzene rings is 3. The van der Waals surface area contributed by atoms with Gasteiger partial charge in [0.05, 0.1) is 24.8 Å². The molecular weight excluding hydrogens is 476 g/mol. The van der Waals surface area contributed by atoms with Crippen LogP contribution in [0.3, 0.4) is 0 Å². The van der Waals surface area contributed by atoms with Crippen molar-refractivity contribution in [3.63, 3.8) is 0 Å². The molecule has 1 aliphatic rings. The summed E-state index contributed by atoms with van der Waals surface area (Å²) in [6.07, 6.45) is 0.172. The number of nitrogens with one attached hydrogen (secondary N) is 1. The van der Waals surface area contributed by atoms with Gasteiger partial charge in [0.1, 0.15) is 0 Å². The molecular formula is C32H34N2O4. The first-order valence-corrected chi connectivity index (χ1v) is 13.0. The van der Waals surface area contributed by atoms with E-state index in [9.17, 15) is 14.4 Å². The molecule has 6 heteroatoms. The van der Waals surface area contributed by atoms with Gasteiger partial charge in [0.15, 0.2) is 0 Å². The zero-order valence-electron chi connectivity index (χ0n) is 22.4. The largest absolute Gasteiger partial charge is 0.463 e. The third-order valence-corrected chi connectivity index (χ3v) is 7.06. The number of aryl methyl sites for hydroxylation is 1. The average Bonchev–Trinajstić information content (AvgIpc) is 2.91. The van der Waals surface area contributed by atoms with Gasteiger partial charge in [-0.1, -0.05) is 66.7 Å². The Balaban J connectivity index is 1.60. The molecule has 1 aliphatic heterocycles. The fourth-order valence-electron chi connectivity index (χ4n) is 5.02. The van der Waals surface area contributed by atoms with E-state index in [0.717, 1.165) is 22.3 Å². The van der Waals surface area contributed by atoms with E-state index in [1.807, 2.05) is 80.6 Å². The lowest BCUT2D eigenvalue weighted by atomic mass is 9.81. The van der Waals surface area contributed by atoms with Crippen LogP contribution >= 0.6 is 0 Å². The molecule has 1 N–H and O–H groups in total. The fourth-order valence-corrected chi connectivity index (χ4v) is 5.02. The molecule has 0 aromatic heterocycles. The minimum atomic E-state index is -0.404. The summed E-state index contributed by atoms with van der Waals surface area (Å²) in [6.45, 7) is 8.01. The zero-order chi connectivity index (χ0) is 27.2. The second-order valence-corrected chi connectivity index (χ2v) is 9.62. The zero-order valence-corrected chi connectivity index (χ0v) is 22.4. The highest BCUT2D eigenvalue weighted by molar-refractivity contribution is 5.96. The second-order valence-electron chi connectivity index (χ2n) is 9.62. The van der Waals surface area contributed by atoms with Crippen molar-refractivity contribution in [1.29, 1.82) is 0 Å². The van der Waals surface area contributed by atoms with E-state index in [1.54, 1.807) is 30.9 Å². The van der Waals surface area contributed by atoms with E-state index in [4.69, 9.17) is 4.74 Å². The van der Waals surface area contributed by atoms with Gasteiger partial charge in [0.25, 0.3) is 5.91 Å². The molecule has 38 heavy (non-hydrogen) atoms. The summed E-state index contributed by atoms with van der Waals surface area (Å²) in [5.74, 6) is -1.03. The Hall–Kier alpha value is -4.19. The van der Waals surface area contributed by atoms with Crippen molar-refractivity contribution in [3.8, 4) is 0 Å². The lowest BCUT2D eigenvalue weighted by Crippen LogP contribution is -2.38. The van der Waals surface area contributed by atoms with Crippen molar-refractivity contribution >= 4 is 17.8 Å². The number of carbonyl (C=O) groups is 3. The van der Waals surface area contributed by atoms with Gasteiger partial charge in [-0.05, 0) is 62.1 Å². The highest BCUT2D eigenvalue weighted by atomic mass is 16.5. The van der Waals surface area contributed by atoms with E-state index >= 15 is 0 Å². The number of rotatable bonds is 8. The summed E-state index contributed by atoms with van der Waals surface area (Å²) < 4.78 is 5.41. The maximum Gasteiger partial charge on any atom is 0.336 e. The van der Waals surface area contributed by atoms with E-state index in [-0.39, 0.29) is 43.3 Å². The van der Waals surface area contributed by atoms with Crippen LogP contribution in [0.5, 0.6) is 0 Å². The number of hydrogen-bond acceptors (Lipinski definition) is 4. The van der Waals surface area contributed by atoms with Crippen LogP contribution in [-0.4, -0.2) is 29.3 Å². The van der Waals surface area contributed by atoms with E-state index in [2.05, 4.69) is 5.32 Å². The van der Waals surface area contributed by atoms with Crippen LogP contribution in [0.4, 0.5) is 0 Å². The van der Waals surface area contributed by atoms with Crippen molar-refractivity contribution in [3.05, 3.63) is 118 Å². The molecule has 2 unspecified atom stereocenters. The molecule has 2 atom stereocenters. The van der Waals surface area contributed by atoms with Crippen LogP contribution < -0.4 is 5.32 Å². The van der Waals surface area contributed by atoms with Crippen molar-refractivity contribution in [2.45, 2.75) is 52.6 Å². The molecule has 2 amide bonds. The van der Waals surface area contributed by atoms with Gasteiger partial charge in [-0.15, -0.1) is 0 Å². The van der Waals surface area contributed by atoms with Gasteiger partial charge in [-0.25, -0.2) is 4.79 Å². The van der Waals surface area contributed by atoms with Gasteiger partial charge in [0.2, 0.25) is 5.91 Å². The Morgan fingerprint density at radius 2 is 1.71 bits per heavy atom. The van der Waals surface area contributed by atoms with Crippen molar-refractivity contribution in [2.24, 2.45) is 0 Å². The highest BCUT2D eigenvalue weighted by Crippen LogP contribution is 2.39. The topological polar surface area (TPSA) is 75.7 Å². The predicted molar refractivity (Wildman–Crippen MR) is 147 cm³/mol. The van der Waals surface area contributed by atoms with E-state index < -0.39 is 5.97 Å². The van der Waals surface area contributed by atoms with Gasteiger partial charge in [-0.2, -0.15) is 0 Å². The lowest BCUT2D eigenvalue weighted by molar-refractivity contribution is -0.140. The molecule has 0 saturated carbocycles. The van der Waals surface area contributed by atoms with Gasteiger partial charge in [0, 0.05) is 23.6 Å². The Kier molecular flexibility index (Phi) is 8.41. The number of carbonyl (C=O) groups excluding carboxylic acids is 3. The SMILES string of the molecule is CCOC(=O)C1=C(C)N(Cc2cccc(C(=O)NC(C)c3ccccc3)c2)C(=O)CC1c1ccccc1C. The smallest absolute Gasteiger partial charge is 0.336 e. The molecule has 0 bridgehead atoms. The highest BCUT2D eigenvalue weighted by Gasteiger charge is 2.37. The number of amides is 2. The molecule has 0 saturated heterocycles. The first kappa shape index (κ1) is 26.9. The third-order valence-electron chi connectivity index (χ3n) is 7.06. The quantitative estimate of drug-likeness (QED) is 0.387. The molecule has 3 aromatic rings. The van der Waals surface area contributed by atoms with Crippen molar-refractivity contribution < 1.29 is 19.1 Å². The molecule has 6 nitrogen and oxygen atoms in total. The number of esters is 1. The molecule has 196 valence electrons. The number of nitrogens with zero attached hydrogens (tertiary/aromatic N) is 1. The molecule has 0 aliphatic carbocycles. The summed E-state index contributed by atoms with van der Waals surface area (Å²) >= 11 is 0. The van der Waals surface area contributed by atoms with E-state index in [0.29, 0.717) is 16.8 Å². The first-order chi connectivity index (χ1) is 18.3. The van der Waals surface area contributed by atoms with Crippen molar-refractivity contribution in [1.82, 2.24) is 10.2 Å². The molecule has 4 rings (SSSR count). The van der Waals surface area contributed by atoms with Gasteiger partial charge < -0.3 is 15.0 Å². The summed E-state index contributed by atoms with van der Waals surface area (Å²) in [5.41, 5.74) is 5.40. The minimum Gasteiger partial charge on any atom is -0.463 e. The fraction of sp³-hybridized carbons (Fsp3) is 0.281. The normalized spacial score (nSPS) is 16.3. The van der Waals surface area contributed by atoms with Crippen LogP contribution in [0, 0.1) is 6.92 Å². The summed E-state index contributed by atoms with van der Waals surface area (Å²) in [4.78, 5) is 41.1. The van der Waals surface area contributed by atoms with Crippen LogP contribution in [0.25, 0.3) is 0 Å². The number of hydrogen-bond donors (Lipinski definition) is 1. The summed E-state index contributed by atoms with van der Waals surface area (Å²) in [7, 11) is 0. The summed E-state index contributed by atoms with van der Waals surface area (Å²) in [6, 6.07) is 24.7. The Labute approximate surface area is 224 Å². The lowest BCUT2D eigenvalue weighted by Gasteiger charge is -2.35. The third kappa shape index (κ3) is 5.86. The molecule has 0 radical (unpaired) electrons. The first-order valence-electron chi connectivity index (χ1n) is 13.0. The Morgan fingerprint density at radius 3 is 2.42 bits per heavy atom. The Bertz CT molecular complexity index is 1360. The van der Waals surface area contributed by atoms with Crippen molar-refractivity contribution in [2.75, 3.05) is 6.61 Å². The van der Waals surface area contributed by atoms with Crippen LogP contribution in [0.15, 0.2) is 90.1 Å². The van der Waals surface area contributed by atoms with Crippen LogP contribution in [0.2, 0.25) is 0 Å². The second kappa shape index (κ2) is 11.9. The monoisotopic (exact) mass is 510 g/mol. The number of allylic oxidation sites excluding steroid dienone is 1. The van der Waals surface area contributed by atoms with Gasteiger partial charge >= 0.3 is 5.97 Å². The van der Waals surface area contributed by atoms with Crippen LogP contribution in [-0.2, 0) is 20.9 Å². The molecule has 0 fully saturated rings. The van der Waals surface area contributed by atoms with Gasteiger partial charge in [-0.3, -0.25) is 9.59 Å². The molecule has 3 aromatic carbocycles. The van der Waals surface area contributed by atoms with Crippen LogP contribution in [0.1, 0.15) is 71.8 Å². The standard InChI is InChI=1S/C32H34N2O4/c1-5-38-32(37)30-23(4)34(29(35)19-28(30)27-17-10-9-12-21(27)2)20-24-13-11-16-26(18-24)31(36)33-22(3)25-14-7-6-8-15-25/h6-18,22,28H,5,19-20H2,1-4H3,(H,33,36). The molecule has 0 spiro atoms.